The van der Waals surface area contributed by atoms with Crippen LogP contribution in [0.3, 0.4) is 0 Å². The van der Waals surface area contributed by atoms with Gasteiger partial charge in [0.15, 0.2) is 5.78 Å². The van der Waals surface area contributed by atoms with E-state index in [0.29, 0.717) is 37.6 Å². The molecule has 0 bridgehead atoms. The van der Waals surface area contributed by atoms with Crippen molar-refractivity contribution in [3.63, 3.8) is 0 Å². The van der Waals surface area contributed by atoms with Crippen LogP contribution in [0.15, 0.2) is 18.2 Å². The van der Waals surface area contributed by atoms with Crippen molar-refractivity contribution in [2.45, 2.75) is 20.8 Å². The number of non-ortho nitro benzene ring substituents is 1. The molecule has 110 valence electrons. The standard InChI is InChI=1S/C14H20N2O4/c1-4-15(8-9-20-5-2)14-7-6-12(16(18)19)10-13(14)11(3)17/h6-7,10H,4-5,8-9H2,1-3H3. The number of nitro groups is 1. The Balaban J connectivity index is 3.07. The van der Waals surface area contributed by atoms with Gasteiger partial charge in [-0.05, 0) is 26.8 Å². The number of carbonyl (C=O) groups excluding carboxylic acids is 1. The smallest absolute Gasteiger partial charge is 0.270 e. The number of ether oxygens (including phenoxy) is 1. The van der Waals surface area contributed by atoms with E-state index in [9.17, 15) is 14.9 Å². The molecule has 0 atom stereocenters. The Morgan fingerprint density at radius 2 is 2.10 bits per heavy atom. The lowest BCUT2D eigenvalue weighted by atomic mass is 10.1. The van der Waals surface area contributed by atoms with E-state index >= 15 is 0 Å². The summed E-state index contributed by atoms with van der Waals surface area (Å²) < 4.78 is 5.31. The molecule has 6 heteroatoms. The number of nitro benzene ring substituents is 1. The highest BCUT2D eigenvalue weighted by Gasteiger charge is 2.17. The molecule has 0 aromatic heterocycles. The van der Waals surface area contributed by atoms with Gasteiger partial charge >= 0.3 is 0 Å². The normalized spacial score (nSPS) is 10.3. The topological polar surface area (TPSA) is 72.7 Å². The minimum atomic E-state index is -0.493. The van der Waals surface area contributed by atoms with E-state index < -0.39 is 4.92 Å². The van der Waals surface area contributed by atoms with E-state index in [-0.39, 0.29) is 11.5 Å². The molecule has 0 unspecified atom stereocenters. The fourth-order valence-electron chi connectivity index (χ4n) is 1.96. The monoisotopic (exact) mass is 280 g/mol. The molecule has 1 aromatic carbocycles. The second kappa shape index (κ2) is 7.59. The number of nitrogens with zero attached hydrogens (tertiary/aromatic N) is 2. The molecular formula is C14H20N2O4. The molecule has 0 spiro atoms. The number of likely N-dealkylation sites (N-methyl/N-ethyl adjacent to an activating group) is 1. The van der Waals surface area contributed by atoms with Crippen molar-refractivity contribution in [3.05, 3.63) is 33.9 Å². The van der Waals surface area contributed by atoms with Crippen molar-refractivity contribution < 1.29 is 14.5 Å². The Kier molecular flexibility index (Phi) is 6.11. The molecule has 0 saturated carbocycles. The lowest BCUT2D eigenvalue weighted by Gasteiger charge is -2.24. The zero-order valence-electron chi connectivity index (χ0n) is 12.1. The van der Waals surface area contributed by atoms with Gasteiger partial charge in [0.05, 0.1) is 11.5 Å². The van der Waals surface area contributed by atoms with Crippen molar-refractivity contribution in [1.82, 2.24) is 0 Å². The highest BCUT2D eigenvalue weighted by atomic mass is 16.6. The van der Waals surface area contributed by atoms with Crippen molar-refractivity contribution in [1.29, 1.82) is 0 Å². The summed E-state index contributed by atoms with van der Waals surface area (Å²) in [6.45, 7) is 7.84. The highest BCUT2D eigenvalue weighted by molar-refractivity contribution is 6.00. The van der Waals surface area contributed by atoms with Gasteiger partial charge < -0.3 is 9.64 Å². The maximum absolute atomic E-state index is 11.7. The number of benzene rings is 1. The zero-order chi connectivity index (χ0) is 15.1. The van der Waals surface area contributed by atoms with E-state index in [4.69, 9.17) is 4.74 Å². The predicted molar refractivity (Wildman–Crippen MR) is 77.5 cm³/mol. The molecule has 0 aliphatic heterocycles. The Morgan fingerprint density at radius 3 is 2.60 bits per heavy atom. The molecule has 0 radical (unpaired) electrons. The summed E-state index contributed by atoms with van der Waals surface area (Å²) in [6.07, 6.45) is 0. The second-order valence-corrected chi connectivity index (χ2v) is 4.29. The zero-order valence-corrected chi connectivity index (χ0v) is 12.1. The summed E-state index contributed by atoms with van der Waals surface area (Å²) >= 11 is 0. The number of Topliss-reactive ketones (excluding diaryl/α,β-unsaturated/α-hetero) is 1. The predicted octanol–water partition coefficient (Wildman–Crippen LogP) is 2.66. The number of ketones is 1. The molecule has 0 amide bonds. The third-order valence-electron chi connectivity index (χ3n) is 3.00. The number of hydrogen-bond acceptors (Lipinski definition) is 5. The van der Waals surface area contributed by atoms with Crippen molar-refractivity contribution >= 4 is 17.2 Å². The lowest BCUT2D eigenvalue weighted by Crippen LogP contribution is -2.28. The van der Waals surface area contributed by atoms with Gasteiger partial charge in [0.1, 0.15) is 0 Å². The Bertz CT molecular complexity index is 488. The quantitative estimate of drug-likeness (QED) is 0.317. The fourth-order valence-corrected chi connectivity index (χ4v) is 1.96. The molecular weight excluding hydrogens is 260 g/mol. The average Bonchev–Trinajstić information content (AvgIpc) is 2.43. The summed E-state index contributed by atoms with van der Waals surface area (Å²) in [6, 6.07) is 4.39. The fraction of sp³-hybridized carbons (Fsp3) is 0.500. The van der Waals surface area contributed by atoms with Crippen LogP contribution in [-0.2, 0) is 4.74 Å². The van der Waals surface area contributed by atoms with Crippen LogP contribution >= 0.6 is 0 Å². The largest absolute Gasteiger partial charge is 0.380 e. The summed E-state index contributed by atoms with van der Waals surface area (Å²) in [7, 11) is 0. The van der Waals surface area contributed by atoms with E-state index in [2.05, 4.69) is 0 Å². The summed E-state index contributed by atoms with van der Waals surface area (Å²) in [5.74, 6) is -0.182. The van der Waals surface area contributed by atoms with Gasteiger partial charge in [0.2, 0.25) is 0 Å². The highest BCUT2D eigenvalue weighted by Crippen LogP contribution is 2.26. The first-order valence-electron chi connectivity index (χ1n) is 6.63. The van der Waals surface area contributed by atoms with Crippen molar-refractivity contribution in [2.24, 2.45) is 0 Å². The van der Waals surface area contributed by atoms with E-state index in [1.807, 2.05) is 18.7 Å². The van der Waals surface area contributed by atoms with Gasteiger partial charge in [-0.3, -0.25) is 14.9 Å². The van der Waals surface area contributed by atoms with Crippen LogP contribution in [0.5, 0.6) is 0 Å². The summed E-state index contributed by atoms with van der Waals surface area (Å²) in [5, 5.41) is 10.8. The van der Waals surface area contributed by atoms with Gasteiger partial charge in [0.25, 0.3) is 5.69 Å². The summed E-state index contributed by atoms with van der Waals surface area (Å²) in [5.41, 5.74) is 1.02. The molecule has 0 N–H and O–H groups in total. The van der Waals surface area contributed by atoms with Gasteiger partial charge in [-0.15, -0.1) is 0 Å². The van der Waals surface area contributed by atoms with Crippen LogP contribution in [0.1, 0.15) is 31.1 Å². The van der Waals surface area contributed by atoms with Crippen LogP contribution in [0, 0.1) is 10.1 Å². The van der Waals surface area contributed by atoms with Crippen LogP contribution in [-0.4, -0.2) is 37.0 Å². The number of anilines is 1. The van der Waals surface area contributed by atoms with Gasteiger partial charge in [-0.25, -0.2) is 0 Å². The molecule has 6 nitrogen and oxygen atoms in total. The van der Waals surface area contributed by atoms with Crippen molar-refractivity contribution in [3.8, 4) is 0 Å². The van der Waals surface area contributed by atoms with E-state index in [1.54, 1.807) is 6.07 Å². The maximum atomic E-state index is 11.7. The van der Waals surface area contributed by atoms with Gasteiger partial charge in [-0.1, -0.05) is 0 Å². The molecule has 20 heavy (non-hydrogen) atoms. The molecule has 0 saturated heterocycles. The van der Waals surface area contributed by atoms with E-state index in [0.717, 1.165) is 0 Å². The first-order valence-corrected chi connectivity index (χ1v) is 6.63. The Hall–Kier alpha value is -1.95. The maximum Gasteiger partial charge on any atom is 0.270 e. The minimum absolute atomic E-state index is 0.0696. The molecule has 0 aliphatic carbocycles. The molecule has 1 rings (SSSR count). The first kappa shape index (κ1) is 16.1. The average molecular weight is 280 g/mol. The van der Waals surface area contributed by atoms with Gasteiger partial charge in [0, 0.05) is 43.1 Å². The van der Waals surface area contributed by atoms with Crippen LogP contribution in [0.2, 0.25) is 0 Å². The first-order chi connectivity index (χ1) is 9.51. The lowest BCUT2D eigenvalue weighted by molar-refractivity contribution is -0.384. The Morgan fingerprint density at radius 1 is 1.40 bits per heavy atom. The molecule has 0 heterocycles. The number of rotatable bonds is 8. The molecule has 1 aromatic rings. The SMILES string of the molecule is CCOCCN(CC)c1ccc([N+](=O)[O-])cc1C(C)=O. The summed E-state index contributed by atoms with van der Waals surface area (Å²) in [4.78, 5) is 24.0. The third kappa shape index (κ3) is 4.03. The number of carbonyl (C=O) groups is 1. The van der Waals surface area contributed by atoms with E-state index in [1.165, 1.54) is 19.1 Å². The van der Waals surface area contributed by atoms with Crippen LogP contribution in [0.4, 0.5) is 11.4 Å². The van der Waals surface area contributed by atoms with Crippen LogP contribution in [0.25, 0.3) is 0 Å². The minimum Gasteiger partial charge on any atom is -0.380 e. The van der Waals surface area contributed by atoms with Crippen molar-refractivity contribution in [2.75, 3.05) is 31.2 Å². The third-order valence-corrected chi connectivity index (χ3v) is 3.00. The Labute approximate surface area is 118 Å². The van der Waals surface area contributed by atoms with Crippen LogP contribution < -0.4 is 4.90 Å². The molecule has 0 aliphatic rings. The second-order valence-electron chi connectivity index (χ2n) is 4.29. The van der Waals surface area contributed by atoms with Gasteiger partial charge in [-0.2, -0.15) is 0 Å². The molecule has 0 fully saturated rings. The number of hydrogen-bond donors (Lipinski definition) is 0.